The topological polar surface area (TPSA) is 69.6 Å². The van der Waals surface area contributed by atoms with E-state index in [1.165, 1.54) is 0 Å². The zero-order valence-electron chi connectivity index (χ0n) is 13.8. The molecule has 5 nitrogen and oxygen atoms in total. The van der Waals surface area contributed by atoms with Gasteiger partial charge in [0.2, 0.25) is 11.8 Å². The minimum absolute atomic E-state index is 0.00366. The van der Waals surface area contributed by atoms with Crippen molar-refractivity contribution >= 4 is 24.4 Å². The summed E-state index contributed by atoms with van der Waals surface area (Å²) in [5, 5.41) is 11.9. The molecule has 0 bridgehead atoms. The van der Waals surface area contributed by atoms with E-state index in [-0.39, 0.29) is 24.3 Å². The van der Waals surface area contributed by atoms with E-state index in [1.54, 1.807) is 11.9 Å². The standard InChI is InChI=1S/C15H30N2O3S/c1-11(10-18)9-12(14(20)16-5)17(15(2,3)4)13(19)7-6-8-21/h11-12,18,21H,6-10H2,1-5H3,(H,16,20)/t11?,12-/m0/s1. The van der Waals surface area contributed by atoms with E-state index in [0.717, 1.165) is 0 Å². The molecule has 0 aliphatic carbocycles. The third-order valence-corrected chi connectivity index (χ3v) is 3.65. The Morgan fingerprint density at radius 1 is 1.33 bits per heavy atom. The molecule has 0 aromatic carbocycles. The van der Waals surface area contributed by atoms with Crippen LogP contribution in [0.4, 0.5) is 0 Å². The molecule has 21 heavy (non-hydrogen) atoms. The molecule has 2 N–H and O–H groups in total. The van der Waals surface area contributed by atoms with Gasteiger partial charge in [0.05, 0.1) is 0 Å². The number of nitrogens with one attached hydrogen (secondary N) is 1. The van der Waals surface area contributed by atoms with E-state index in [4.69, 9.17) is 0 Å². The Morgan fingerprint density at radius 2 is 1.90 bits per heavy atom. The molecule has 0 aliphatic heterocycles. The van der Waals surface area contributed by atoms with Gasteiger partial charge in [0.25, 0.3) is 0 Å². The van der Waals surface area contributed by atoms with Crippen molar-refractivity contribution in [2.75, 3.05) is 19.4 Å². The largest absolute Gasteiger partial charge is 0.396 e. The van der Waals surface area contributed by atoms with Gasteiger partial charge in [0.15, 0.2) is 0 Å². The number of hydrogen-bond acceptors (Lipinski definition) is 4. The van der Waals surface area contributed by atoms with Gasteiger partial charge in [-0.25, -0.2) is 0 Å². The highest BCUT2D eigenvalue weighted by Crippen LogP contribution is 2.23. The minimum atomic E-state index is -0.565. The average molecular weight is 318 g/mol. The Morgan fingerprint density at radius 3 is 2.29 bits per heavy atom. The van der Waals surface area contributed by atoms with Crippen LogP contribution in [0, 0.1) is 5.92 Å². The van der Waals surface area contributed by atoms with E-state index >= 15 is 0 Å². The zero-order valence-corrected chi connectivity index (χ0v) is 14.7. The molecular formula is C15H30N2O3S. The predicted octanol–water partition coefficient (Wildman–Crippen LogP) is 1.46. The van der Waals surface area contributed by atoms with Crippen molar-refractivity contribution in [3.8, 4) is 0 Å². The van der Waals surface area contributed by atoms with Crippen molar-refractivity contribution < 1.29 is 14.7 Å². The van der Waals surface area contributed by atoms with Crippen molar-refractivity contribution in [2.45, 2.75) is 58.5 Å². The van der Waals surface area contributed by atoms with E-state index in [1.807, 2.05) is 27.7 Å². The lowest BCUT2D eigenvalue weighted by molar-refractivity contribution is -0.147. The molecule has 0 fully saturated rings. The summed E-state index contributed by atoms with van der Waals surface area (Å²) in [4.78, 5) is 26.4. The fourth-order valence-corrected chi connectivity index (χ4v) is 2.48. The molecular weight excluding hydrogens is 288 g/mol. The fraction of sp³-hybridized carbons (Fsp3) is 0.867. The van der Waals surface area contributed by atoms with Gasteiger partial charge in [-0.05, 0) is 45.3 Å². The highest BCUT2D eigenvalue weighted by Gasteiger charge is 2.37. The Balaban J connectivity index is 5.37. The maximum absolute atomic E-state index is 12.5. The van der Waals surface area contributed by atoms with Gasteiger partial charge in [-0.3, -0.25) is 9.59 Å². The summed E-state index contributed by atoms with van der Waals surface area (Å²) in [5.41, 5.74) is -0.458. The van der Waals surface area contributed by atoms with Crippen molar-refractivity contribution in [1.29, 1.82) is 0 Å². The van der Waals surface area contributed by atoms with Crippen LogP contribution in [-0.2, 0) is 9.59 Å². The summed E-state index contributed by atoms with van der Waals surface area (Å²) in [6, 6.07) is -0.565. The third-order valence-electron chi connectivity index (χ3n) is 3.34. The third kappa shape index (κ3) is 6.70. The van der Waals surface area contributed by atoms with Gasteiger partial charge >= 0.3 is 0 Å². The van der Waals surface area contributed by atoms with E-state index < -0.39 is 11.6 Å². The number of carbonyl (C=O) groups excluding carboxylic acids is 2. The Hall–Kier alpha value is -0.750. The Labute approximate surface area is 133 Å². The van der Waals surface area contributed by atoms with Gasteiger partial charge < -0.3 is 15.3 Å². The molecule has 0 rings (SSSR count). The van der Waals surface area contributed by atoms with Gasteiger partial charge in [-0.15, -0.1) is 0 Å². The zero-order chi connectivity index (χ0) is 16.6. The van der Waals surface area contributed by atoms with Crippen LogP contribution in [0.3, 0.4) is 0 Å². The van der Waals surface area contributed by atoms with Crippen molar-refractivity contribution in [2.24, 2.45) is 5.92 Å². The lowest BCUT2D eigenvalue weighted by Crippen LogP contribution is -2.57. The number of amides is 2. The van der Waals surface area contributed by atoms with Crippen LogP contribution in [0.5, 0.6) is 0 Å². The second kappa shape index (κ2) is 9.30. The van der Waals surface area contributed by atoms with Gasteiger partial charge in [0.1, 0.15) is 6.04 Å². The maximum atomic E-state index is 12.5. The number of aliphatic hydroxyl groups excluding tert-OH is 1. The summed E-state index contributed by atoms with van der Waals surface area (Å²) >= 11 is 4.13. The average Bonchev–Trinajstić information content (AvgIpc) is 2.41. The lowest BCUT2D eigenvalue weighted by Gasteiger charge is -2.41. The van der Waals surface area contributed by atoms with Crippen LogP contribution in [0.2, 0.25) is 0 Å². The number of likely N-dealkylation sites (N-methyl/N-ethyl adjacent to an activating group) is 1. The molecule has 0 radical (unpaired) electrons. The molecule has 2 atom stereocenters. The molecule has 1 unspecified atom stereocenters. The van der Waals surface area contributed by atoms with Crippen LogP contribution in [0.15, 0.2) is 0 Å². The summed E-state index contributed by atoms with van der Waals surface area (Å²) in [7, 11) is 1.57. The van der Waals surface area contributed by atoms with E-state index in [2.05, 4.69) is 17.9 Å². The molecule has 0 aliphatic rings. The monoisotopic (exact) mass is 318 g/mol. The Kier molecular flexibility index (Phi) is 8.97. The quantitative estimate of drug-likeness (QED) is 0.593. The van der Waals surface area contributed by atoms with Crippen molar-refractivity contribution in [3.63, 3.8) is 0 Å². The molecule has 124 valence electrons. The highest BCUT2D eigenvalue weighted by atomic mass is 32.1. The van der Waals surface area contributed by atoms with E-state index in [9.17, 15) is 14.7 Å². The van der Waals surface area contributed by atoms with Crippen molar-refractivity contribution in [3.05, 3.63) is 0 Å². The summed E-state index contributed by atoms with van der Waals surface area (Å²) in [6.45, 7) is 7.63. The fourth-order valence-electron chi connectivity index (χ4n) is 2.32. The molecule has 0 heterocycles. The maximum Gasteiger partial charge on any atom is 0.242 e. The first-order chi connectivity index (χ1) is 9.68. The van der Waals surface area contributed by atoms with Crippen LogP contribution < -0.4 is 5.32 Å². The smallest absolute Gasteiger partial charge is 0.242 e. The second-order valence-electron chi connectivity index (χ2n) is 6.42. The molecule has 0 aromatic heterocycles. The summed E-state index contributed by atoms with van der Waals surface area (Å²) in [5.74, 6) is 0.357. The molecule has 6 heteroatoms. The SMILES string of the molecule is CNC(=O)[C@H](CC(C)CO)N(C(=O)CCCS)C(C)(C)C. The number of carbonyl (C=O) groups is 2. The second-order valence-corrected chi connectivity index (χ2v) is 6.86. The first kappa shape index (κ1) is 20.2. The van der Waals surface area contributed by atoms with Crippen molar-refractivity contribution in [1.82, 2.24) is 10.2 Å². The Bertz CT molecular complexity index is 342. The first-order valence-electron chi connectivity index (χ1n) is 7.44. The van der Waals surface area contributed by atoms with Crippen LogP contribution >= 0.6 is 12.6 Å². The van der Waals surface area contributed by atoms with Crippen LogP contribution in [0.1, 0.15) is 47.0 Å². The number of nitrogens with zero attached hydrogens (tertiary/aromatic N) is 1. The molecule has 0 aromatic rings. The van der Waals surface area contributed by atoms with Crippen LogP contribution in [0.25, 0.3) is 0 Å². The van der Waals surface area contributed by atoms with Gasteiger partial charge in [-0.2, -0.15) is 12.6 Å². The molecule has 0 spiro atoms. The van der Waals surface area contributed by atoms with E-state index in [0.29, 0.717) is 25.0 Å². The number of thiol groups is 1. The first-order valence-corrected chi connectivity index (χ1v) is 8.07. The van der Waals surface area contributed by atoms with Crippen LogP contribution in [-0.4, -0.2) is 52.8 Å². The molecule has 2 amide bonds. The summed E-state index contributed by atoms with van der Waals surface area (Å²) < 4.78 is 0. The molecule has 0 saturated carbocycles. The number of rotatable bonds is 8. The highest BCUT2D eigenvalue weighted by molar-refractivity contribution is 7.80. The minimum Gasteiger partial charge on any atom is -0.396 e. The molecule has 0 saturated heterocycles. The predicted molar refractivity (Wildman–Crippen MR) is 88.4 cm³/mol. The lowest BCUT2D eigenvalue weighted by atomic mass is 9.94. The number of aliphatic hydroxyl groups is 1. The summed E-state index contributed by atoms with van der Waals surface area (Å²) in [6.07, 6.45) is 1.51. The number of hydrogen-bond donors (Lipinski definition) is 3. The normalized spacial score (nSPS) is 14.4. The van der Waals surface area contributed by atoms with Gasteiger partial charge in [0, 0.05) is 25.6 Å². The van der Waals surface area contributed by atoms with Gasteiger partial charge in [-0.1, -0.05) is 6.92 Å².